The van der Waals surface area contributed by atoms with Gasteiger partial charge in [-0.1, -0.05) is 0 Å². The quantitative estimate of drug-likeness (QED) is 0.313. The summed E-state index contributed by atoms with van der Waals surface area (Å²) in [4.78, 5) is 0. The number of hydrogen-bond acceptors (Lipinski definition) is 0. The first kappa shape index (κ1) is 30.5. The summed E-state index contributed by atoms with van der Waals surface area (Å²) >= 11 is -0.363. The fourth-order valence-electron chi connectivity index (χ4n) is 2.25. The smallest absolute Gasteiger partial charge is 0 e. The molecule has 20 heavy (non-hydrogen) atoms. The van der Waals surface area contributed by atoms with E-state index in [9.17, 15) is 0 Å². The second-order valence-corrected chi connectivity index (χ2v) is 27.8. The normalized spacial score (nSPS) is 12.6. The molecule has 0 aromatic heterocycles. The molecule has 120 valence electrons. The second kappa shape index (κ2) is 11.2. The van der Waals surface area contributed by atoms with Crippen LogP contribution in [-0.2, 0) is 0 Å². The first-order valence-corrected chi connectivity index (χ1v) is 12.7. The standard InChI is InChI=1S/4C4H9.2Se.2Sn/c4*1-4(2)3;;;;/h4*1-3H3;;;;. The Kier molecular flexibility index (Phi) is 17.1. The van der Waals surface area contributed by atoms with Crippen LogP contribution in [-0.4, -0.2) is 76.4 Å². The molecule has 0 amide bonds. The first-order valence-electron chi connectivity index (χ1n) is 7.00. The second-order valence-electron chi connectivity index (χ2n) is 9.25. The monoisotopic (exact) mass is 628 g/mol. The zero-order valence-electron chi connectivity index (χ0n) is 15.8. The van der Waals surface area contributed by atoms with Crippen molar-refractivity contribution in [1.29, 1.82) is 0 Å². The molecule has 0 N–H and O–H groups in total. The molecule has 0 atom stereocenters. The van der Waals surface area contributed by atoms with Gasteiger partial charge in [-0.25, -0.2) is 0 Å². The van der Waals surface area contributed by atoms with Gasteiger partial charge in [0.05, 0.1) is 0 Å². The van der Waals surface area contributed by atoms with Crippen molar-refractivity contribution in [3.63, 3.8) is 0 Å². The minimum Gasteiger partial charge on any atom is 0 e. The summed E-state index contributed by atoms with van der Waals surface area (Å²) in [5.41, 5.74) is 0. The zero-order valence-corrected chi connectivity index (χ0v) is 25.0. The third kappa shape index (κ3) is 37.1. The van der Waals surface area contributed by atoms with Gasteiger partial charge in [-0.05, 0) is 0 Å². The van der Waals surface area contributed by atoms with Gasteiger partial charge in [0.1, 0.15) is 0 Å². The van der Waals surface area contributed by atoms with E-state index in [4.69, 9.17) is 0 Å². The van der Waals surface area contributed by atoms with Crippen LogP contribution in [0.2, 0.25) is 13.7 Å². The van der Waals surface area contributed by atoms with Crippen LogP contribution in [0.15, 0.2) is 0 Å². The van der Waals surface area contributed by atoms with Crippen molar-refractivity contribution in [2.24, 2.45) is 0 Å². The van der Waals surface area contributed by atoms with Crippen molar-refractivity contribution in [2.45, 2.75) is 96.8 Å². The fourth-order valence-corrected chi connectivity index (χ4v) is 15.1. The van der Waals surface area contributed by atoms with Crippen LogP contribution in [0.4, 0.5) is 0 Å². The summed E-state index contributed by atoms with van der Waals surface area (Å²) in [6.07, 6.45) is 0. The Balaban J connectivity index is -0.000000116. The van der Waals surface area contributed by atoms with Crippen molar-refractivity contribution < 1.29 is 0 Å². The Morgan fingerprint density at radius 2 is 0.450 bits per heavy atom. The van der Waals surface area contributed by atoms with Gasteiger partial charge in [-0.3, -0.25) is 0 Å². The van der Waals surface area contributed by atoms with E-state index in [-0.39, 0.29) is 76.4 Å². The molecule has 0 spiro atoms. The van der Waals surface area contributed by atoms with Crippen LogP contribution < -0.4 is 0 Å². The van der Waals surface area contributed by atoms with Crippen LogP contribution in [0.5, 0.6) is 0 Å². The largest absolute Gasteiger partial charge is 0 e. The zero-order chi connectivity index (χ0) is 15.4. The van der Waals surface area contributed by atoms with E-state index in [1.807, 2.05) is 0 Å². The predicted octanol–water partition coefficient (Wildman–Crippen LogP) is 5.49. The van der Waals surface area contributed by atoms with Crippen LogP contribution in [0.25, 0.3) is 0 Å². The molecule has 0 aliphatic rings. The molecule has 4 heteroatoms. The van der Waals surface area contributed by atoms with Gasteiger partial charge < -0.3 is 0 Å². The van der Waals surface area contributed by atoms with Crippen molar-refractivity contribution in [3.8, 4) is 0 Å². The van der Waals surface area contributed by atoms with Gasteiger partial charge in [0.15, 0.2) is 0 Å². The van der Waals surface area contributed by atoms with Crippen LogP contribution in [0.3, 0.4) is 0 Å². The summed E-state index contributed by atoms with van der Waals surface area (Å²) in [7, 11) is 0. The van der Waals surface area contributed by atoms with E-state index in [0.717, 1.165) is 0 Å². The van der Waals surface area contributed by atoms with Gasteiger partial charge in [0.25, 0.3) is 0 Å². The average Bonchev–Trinajstić information content (AvgIpc) is 1.64. The number of hydrogen-bond donors (Lipinski definition) is 0. The summed E-state index contributed by atoms with van der Waals surface area (Å²) in [5, 5.41) is 0. The molecule has 0 saturated carbocycles. The third-order valence-corrected chi connectivity index (χ3v) is 10.1. The molecule has 0 rings (SSSR count). The molecule has 0 bridgehead atoms. The first-order chi connectivity index (χ1) is 7.41. The van der Waals surface area contributed by atoms with E-state index >= 15 is 0 Å². The Hall–Kier alpha value is 2.64. The predicted molar refractivity (Wildman–Crippen MR) is 102 cm³/mol. The Bertz CT molecular complexity index is 175. The minimum atomic E-state index is -0.182. The molecule has 0 saturated heterocycles. The molecule has 0 unspecified atom stereocenters. The molecular weight excluding hydrogens is 588 g/mol. The molecule has 0 heterocycles. The van der Waals surface area contributed by atoms with Crippen LogP contribution >= 0.6 is 0 Å². The van der Waals surface area contributed by atoms with E-state index in [2.05, 4.69) is 83.1 Å². The van der Waals surface area contributed by atoms with Gasteiger partial charge in [-0.2, -0.15) is 0 Å². The van der Waals surface area contributed by atoms with Crippen molar-refractivity contribution in [2.75, 3.05) is 0 Å². The topological polar surface area (TPSA) is 0 Å². The molecule has 0 aromatic carbocycles. The maximum absolute atomic E-state index is 2.37. The van der Waals surface area contributed by atoms with Crippen molar-refractivity contribution in [1.82, 2.24) is 0 Å². The van der Waals surface area contributed by atoms with E-state index in [1.165, 1.54) is 0 Å². The average molecular weight is 624 g/mol. The summed E-state index contributed by atoms with van der Waals surface area (Å²) < 4.78 is 2.62. The maximum Gasteiger partial charge on any atom is 0 e. The third-order valence-electron chi connectivity index (χ3n) is 1.50. The van der Waals surface area contributed by atoms with E-state index in [1.54, 1.807) is 0 Å². The van der Waals surface area contributed by atoms with Crippen LogP contribution in [0.1, 0.15) is 83.1 Å². The van der Waals surface area contributed by atoms with Gasteiger partial charge >= 0.3 is 139 Å². The van der Waals surface area contributed by atoms with Crippen molar-refractivity contribution in [3.05, 3.63) is 0 Å². The molecule has 0 aliphatic heterocycles. The summed E-state index contributed by atoms with van der Waals surface area (Å²) in [6.45, 7) is 28.4. The molecule has 0 aliphatic carbocycles. The van der Waals surface area contributed by atoms with E-state index in [0.29, 0.717) is 13.7 Å². The molecule has 0 aromatic rings. The van der Waals surface area contributed by atoms with Crippen molar-refractivity contribution >= 4 is 76.4 Å². The Labute approximate surface area is 171 Å². The van der Waals surface area contributed by atoms with Gasteiger partial charge in [-0.15, -0.1) is 0 Å². The fraction of sp³-hybridized carbons (Fsp3) is 1.00. The molecule has 8 radical (unpaired) electrons. The SMILES string of the molecule is C[C](C)(C)[Sn][C](C)(C)C.C[C](C)(C)[Sn][C](C)(C)C.[Se].[Se]. The number of rotatable bonds is 0. The minimum absolute atomic E-state index is 0. The molecule has 0 nitrogen and oxygen atoms in total. The molecule has 0 fully saturated rings. The Morgan fingerprint density at radius 3 is 0.450 bits per heavy atom. The van der Waals surface area contributed by atoms with Gasteiger partial charge in [0, 0.05) is 34.1 Å². The van der Waals surface area contributed by atoms with E-state index < -0.39 is 0 Å². The van der Waals surface area contributed by atoms with Gasteiger partial charge in [0.2, 0.25) is 0 Å². The Morgan fingerprint density at radius 1 is 0.350 bits per heavy atom. The summed E-state index contributed by atoms with van der Waals surface area (Å²) in [6, 6.07) is 0. The summed E-state index contributed by atoms with van der Waals surface area (Å²) in [5.74, 6) is 0. The maximum atomic E-state index is 2.37. The van der Waals surface area contributed by atoms with Crippen LogP contribution in [0, 0.1) is 0 Å². The molecular formula is C16H36Se2Sn2.